The third kappa shape index (κ3) is 5.65. The highest BCUT2D eigenvalue weighted by molar-refractivity contribution is 7.90. The van der Waals surface area contributed by atoms with Crippen LogP contribution in [0.3, 0.4) is 0 Å². The van der Waals surface area contributed by atoms with Crippen LogP contribution >= 0.6 is 11.3 Å². The van der Waals surface area contributed by atoms with Gasteiger partial charge in [0.25, 0.3) is 0 Å². The van der Waals surface area contributed by atoms with Crippen LogP contribution in [0.1, 0.15) is 12.8 Å². The molecule has 0 aliphatic carbocycles. The van der Waals surface area contributed by atoms with E-state index >= 15 is 0 Å². The van der Waals surface area contributed by atoms with E-state index in [9.17, 15) is 13.2 Å². The number of hydrogen-bond acceptors (Lipinski definition) is 6. The Morgan fingerprint density at radius 1 is 1.30 bits per heavy atom. The van der Waals surface area contributed by atoms with E-state index in [2.05, 4.69) is 10.3 Å². The lowest BCUT2D eigenvalue weighted by Crippen LogP contribution is -2.13. The van der Waals surface area contributed by atoms with Crippen molar-refractivity contribution in [2.75, 3.05) is 24.4 Å². The first-order valence-corrected chi connectivity index (χ1v) is 9.89. The molecule has 0 atom stereocenters. The van der Waals surface area contributed by atoms with Gasteiger partial charge in [-0.25, -0.2) is 13.4 Å². The topological polar surface area (TPSA) is 85.4 Å². The molecule has 0 aliphatic rings. The molecular weight excluding hydrogens is 336 g/mol. The number of amides is 1. The van der Waals surface area contributed by atoms with Gasteiger partial charge < -0.3 is 10.1 Å². The SMILES string of the molecule is COc1ccc(-c2csc(NC(=O)CCCS(C)(=O)=O)n2)cc1. The number of anilines is 1. The van der Waals surface area contributed by atoms with E-state index in [0.717, 1.165) is 23.3 Å². The minimum absolute atomic E-state index is 0.00931. The summed E-state index contributed by atoms with van der Waals surface area (Å²) in [6, 6.07) is 7.48. The average molecular weight is 354 g/mol. The van der Waals surface area contributed by atoms with Crippen molar-refractivity contribution < 1.29 is 17.9 Å². The minimum atomic E-state index is -3.03. The minimum Gasteiger partial charge on any atom is -0.497 e. The highest BCUT2D eigenvalue weighted by Gasteiger charge is 2.10. The second-order valence-electron chi connectivity index (χ2n) is 5.05. The molecule has 0 spiro atoms. The molecule has 0 radical (unpaired) electrons. The van der Waals surface area contributed by atoms with Crippen LogP contribution in [0, 0.1) is 0 Å². The molecule has 1 N–H and O–H groups in total. The second kappa shape index (κ2) is 7.56. The van der Waals surface area contributed by atoms with Crippen molar-refractivity contribution in [1.29, 1.82) is 0 Å². The van der Waals surface area contributed by atoms with Crippen LogP contribution < -0.4 is 10.1 Å². The van der Waals surface area contributed by atoms with Crippen LogP contribution in [-0.2, 0) is 14.6 Å². The molecule has 124 valence electrons. The van der Waals surface area contributed by atoms with Gasteiger partial charge >= 0.3 is 0 Å². The Labute approximate surface area is 139 Å². The van der Waals surface area contributed by atoms with Crippen LogP contribution in [-0.4, -0.2) is 38.4 Å². The normalized spacial score (nSPS) is 11.2. The number of ether oxygens (including phenoxy) is 1. The number of nitrogens with one attached hydrogen (secondary N) is 1. The Morgan fingerprint density at radius 2 is 2.00 bits per heavy atom. The van der Waals surface area contributed by atoms with E-state index in [0.29, 0.717) is 11.6 Å². The predicted octanol–water partition coefficient (Wildman–Crippen LogP) is 2.58. The number of benzene rings is 1. The molecule has 23 heavy (non-hydrogen) atoms. The Kier molecular flexibility index (Phi) is 5.73. The molecule has 0 saturated carbocycles. The molecule has 1 heterocycles. The molecule has 1 aromatic carbocycles. The number of rotatable bonds is 7. The number of methoxy groups -OCH3 is 1. The third-order valence-corrected chi connectivity index (χ3v) is 4.84. The van der Waals surface area contributed by atoms with Crippen molar-refractivity contribution in [3.8, 4) is 17.0 Å². The molecule has 6 nitrogen and oxygen atoms in total. The molecule has 0 fully saturated rings. The van der Waals surface area contributed by atoms with Crippen LogP contribution in [0.5, 0.6) is 5.75 Å². The summed E-state index contributed by atoms with van der Waals surface area (Å²) in [5.41, 5.74) is 1.70. The summed E-state index contributed by atoms with van der Waals surface area (Å²) in [6.07, 6.45) is 1.62. The van der Waals surface area contributed by atoms with E-state index in [1.165, 1.54) is 11.3 Å². The lowest BCUT2D eigenvalue weighted by molar-refractivity contribution is -0.116. The van der Waals surface area contributed by atoms with Crippen molar-refractivity contribution in [3.63, 3.8) is 0 Å². The summed E-state index contributed by atoms with van der Waals surface area (Å²) in [7, 11) is -1.43. The molecule has 8 heteroatoms. The van der Waals surface area contributed by atoms with Crippen LogP contribution in [0.25, 0.3) is 11.3 Å². The van der Waals surface area contributed by atoms with Gasteiger partial charge in [0.2, 0.25) is 5.91 Å². The zero-order valence-corrected chi connectivity index (χ0v) is 14.5. The summed E-state index contributed by atoms with van der Waals surface area (Å²) >= 11 is 1.33. The van der Waals surface area contributed by atoms with Crippen molar-refractivity contribution in [2.45, 2.75) is 12.8 Å². The smallest absolute Gasteiger partial charge is 0.226 e. The first-order chi connectivity index (χ1) is 10.9. The lowest BCUT2D eigenvalue weighted by Gasteiger charge is -2.02. The average Bonchev–Trinajstić information content (AvgIpc) is 2.94. The number of sulfone groups is 1. The number of thiazole rings is 1. The maximum atomic E-state index is 11.8. The Morgan fingerprint density at radius 3 is 2.61 bits per heavy atom. The van der Waals surface area contributed by atoms with Gasteiger partial charge in [0, 0.05) is 23.6 Å². The van der Waals surface area contributed by atoms with Crippen molar-refractivity contribution >= 4 is 32.2 Å². The number of nitrogens with zero attached hydrogens (tertiary/aromatic N) is 1. The summed E-state index contributed by atoms with van der Waals surface area (Å²) in [5, 5.41) is 5.05. The molecule has 0 saturated heterocycles. The van der Waals surface area contributed by atoms with E-state index < -0.39 is 9.84 Å². The van der Waals surface area contributed by atoms with E-state index in [1.807, 2.05) is 29.6 Å². The maximum absolute atomic E-state index is 11.8. The van der Waals surface area contributed by atoms with E-state index in [-0.39, 0.29) is 18.1 Å². The van der Waals surface area contributed by atoms with Gasteiger partial charge in [-0.1, -0.05) is 0 Å². The van der Waals surface area contributed by atoms with Gasteiger partial charge in [0.1, 0.15) is 15.6 Å². The largest absolute Gasteiger partial charge is 0.497 e. The highest BCUT2D eigenvalue weighted by atomic mass is 32.2. The van der Waals surface area contributed by atoms with E-state index in [4.69, 9.17) is 4.74 Å². The van der Waals surface area contributed by atoms with Crippen molar-refractivity contribution in [1.82, 2.24) is 4.98 Å². The van der Waals surface area contributed by atoms with Gasteiger partial charge in [0.05, 0.1) is 18.6 Å². The zero-order valence-electron chi connectivity index (χ0n) is 12.9. The van der Waals surface area contributed by atoms with Crippen molar-refractivity contribution in [3.05, 3.63) is 29.6 Å². The van der Waals surface area contributed by atoms with E-state index in [1.54, 1.807) is 7.11 Å². The monoisotopic (exact) mass is 354 g/mol. The highest BCUT2D eigenvalue weighted by Crippen LogP contribution is 2.26. The zero-order chi connectivity index (χ0) is 16.9. The number of aromatic nitrogens is 1. The molecule has 1 aromatic heterocycles. The third-order valence-electron chi connectivity index (χ3n) is 3.06. The molecule has 0 aliphatic heterocycles. The second-order valence-corrected chi connectivity index (χ2v) is 8.17. The lowest BCUT2D eigenvalue weighted by atomic mass is 10.2. The van der Waals surface area contributed by atoms with Gasteiger partial charge in [-0.15, -0.1) is 11.3 Å². The Balaban J connectivity index is 1.92. The Hall–Kier alpha value is -1.93. The van der Waals surface area contributed by atoms with Gasteiger partial charge in [-0.3, -0.25) is 4.79 Å². The fourth-order valence-electron chi connectivity index (χ4n) is 1.90. The predicted molar refractivity (Wildman–Crippen MR) is 91.7 cm³/mol. The van der Waals surface area contributed by atoms with Crippen molar-refractivity contribution in [2.24, 2.45) is 0 Å². The first kappa shape index (κ1) is 17.4. The fraction of sp³-hybridized carbons (Fsp3) is 0.333. The fourth-order valence-corrected chi connectivity index (χ4v) is 3.31. The summed E-state index contributed by atoms with van der Waals surface area (Å²) < 4.78 is 27.2. The molecular formula is C15H18N2O4S2. The molecule has 0 bridgehead atoms. The maximum Gasteiger partial charge on any atom is 0.226 e. The summed E-state index contributed by atoms with van der Waals surface area (Å²) in [5.74, 6) is 0.544. The number of carbonyl (C=O) groups is 1. The van der Waals surface area contributed by atoms with Crippen LogP contribution in [0.15, 0.2) is 29.6 Å². The molecule has 1 amide bonds. The summed E-state index contributed by atoms with van der Waals surface area (Å²) in [4.78, 5) is 16.1. The van der Waals surface area contributed by atoms with Crippen LogP contribution in [0.4, 0.5) is 5.13 Å². The first-order valence-electron chi connectivity index (χ1n) is 6.95. The van der Waals surface area contributed by atoms with Crippen LogP contribution in [0.2, 0.25) is 0 Å². The summed E-state index contributed by atoms with van der Waals surface area (Å²) in [6.45, 7) is 0. The molecule has 2 aromatic rings. The molecule has 0 unspecified atom stereocenters. The standard InChI is InChI=1S/C15H18N2O4S2/c1-21-12-7-5-11(6-8-12)13-10-22-15(16-13)17-14(18)4-3-9-23(2,19)20/h5-8,10H,3-4,9H2,1-2H3,(H,16,17,18). The van der Waals surface area contributed by atoms with Gasteiger partial charge in [-0.05, 0) is 30.7 Å². The Bertz CT molecular complexity index is 767. The van der Waals surface area contributed by atoms with Gasteiger partial charge in [0.15, 0.2) is 5.13 Å². The number of hydrogen-bond donors (Lipinski definition) is 1. The molecule has 2 rings (SSSR count). The number of carbonyl (C=O) groups excluding carboxylic acids is 1. The van der Waals surface area contributed by atoms with Gasteiger partial charge in [-0.2, -0.15) is 0 Å². The quantitative estimate of drug-likeness (QED) is 0.826.